The first-order valence-corrected chi connectivity index (χ1v) is 2.74. The summed E-state index contributed by atoms with van der Waals surface area (Å²) in [5.74, 6) is 0. The molecule has 0 fully saturated rings. The summed E-state index contributed by atoms with van der Waals surface area (Å²) in [6, 6.07) is 0. The van der Waals surface area contributed by atoms with Crippen molar-refractivity contribution in [2.75, 3.05) is 0 Å². The van der Waals surface area contributed by atoms with E-state index in [0.29, 0.717) is 6.42 Å². The van der Waals surface area contributed by atoms with Crippen molar-refractivity contribution in [2.24, 2.45) is 0 Å². The molecule has 2 nitrogen and oxygen atoms in total. The van der Waals surface area contributed by atoms with Crippen LogP contribution in [0.4, 0.5) is 4.39 Å². The molecule has 3 heteroatoms. The molecule has 0 aliphatic heterocycles. The van der Waals surface area contributed by atoms with Gasteiger partial charge >= 0.3 is 0 Å². The molecule has 50 valence electrons. The Kier molecular flexibility index (Phi) is 1.82. The number of carbonyl (C=O) groups excluding carboxylic acids is 1. The Hall–Kier alpha value is -0.860. The fourth-order valence-corrected chi connectivity index (χ4v) is 0.799. The summed E-state index contributed by atoms with van der Waals surface area (Å²) < 4.78 is 16.8. The lowest BCUT2D eigenvalue weighted by molar-refractivity contribution is -0.135. The van der Waals surface area contributed by atoms with E-state index in [4.69, 9.17) is 0 Å². The van der Waals surface area contributed by atoms with Crippen molar-refractivity contribution in [3.8, 4) is 0 Å². The molecule has 2 unspecified atom stereocenters. The quantitative estimate of drug-likeness (QED) is 0.408. The number of rotatable bonds is 2. The fourth-order valence-electron chi connectivity index (χ4n) is 0.799. The molecule has 0 bridgehead atoms. The van der Waals surface area contributed by atoms with E-state index in [-0.39, 0.29) is 6.47 Å². The molecule has 0 heterocycles. The summed E-state index contributed by atoms with van der Waals surface area (Å²) in [4.78, 5) is 9.69. The van der Waals surface area contributed by atoms with Crippen LogP contribution < -0.4 is 0 Å². The molecular formula is C6H7FO2. The van der Waals surface area contributed by atoms with Crippen LogP contribution in [-0.2, 0) is 9.53 Å². The lowest BCUT2D eigenvalue weighted by Gasteiger charge is -2.08. The second-order valence-electron chi connectivity index (χ2n) is 1.88. The number of halogens is 1. The highest BCUT2D eigenvalue weighted by molar-refractivity contribution is 5.38. The zero-order valence-corrected chi connectivity index (χ0v) is 4.79. The number of alkyl halides is 1. The van der Waals surface area contributed by atoms with Crippen molar-refractivity contribution in [3.63, 3.8) is 0 Å². The minimum Gasteiger partial charge on any atom is -0.461 e. The van der Waals surface area contributed by atoms with Gasteiger partial charge in [0.15, 0.2) is 6.17 Å². The maximum atomic E-state index is 12.4. The topological polar surface area (TPSA) is 26.3 Å². The molecule has 0 saturated carbocycles. The largest absolute Gasteiger partial charge is 0.461 e. The van der Waals surface area contributed by atoms with Crippen LogP contribution >= 0.6 is 0 Å². The van der Waals surface area contributed by atoms with Crippen LogP contribution in [0, 0.1) is 0 Å². The summed E-state index contributed by atoms with van der Waals surface area (Å²) in [5.41, 5.74) is 0. The maximum Gasteiger partial charge on any atom is 0.293 e. The smallest absolute Gasteiger partial charge is 0.293 e. The number of carbonyl (C=O) groups is 1. The third kappa shape index (κ3) is 1.28. The molecule has 1 aliphatic rings. The van der Waals surface area contributed by atoms with Gasteiger partial charge in [-0.15, -0.1) is 0 Å². The van der Waals surface area contributed by atoms with Crippen LogP contribution in [0.1, 0.15) is 6.42 Å². The molecule has 0 spiro atoms. The Balaban J connectivity index is 2.36. The molecule has 0 saturated heterocycles. The SMILES string of the molecule is O=COC1CC=CC1F. The minimum atomic E-state index is -1.10. The van der Waals surface area contributed by atoms with Gasteiger partial charge in [0, 0.05) is 6.42 Å². The third-order valence-electron chi connectivity index (χ3n) is 1.27. The van der Waals surface area contributed by atoms with Crippen LogP contribution in [0.5, 0.6) is 0 Å². The summed E-state index contributed by atoms with van der Waals surface area (Å²) in [6.07, 6.45) is 1.89. The predicted octanol–water partition coefficient (Wildman–Crippen LogP) is 0.826. The third-order valence-corrected chi connectivity index (χ3v) is 1.27. The number of hydrogen-bond acceptors (Lipinski definition) is 2. The first kappa shape index (κ1) is 6.26. The molecule has 0 radical (unpaired) electrons. The first-order valence-electron chi connectivity index (χ1n) is 2.74. The van der Waals surface area contributed by atoms with Gasteiger partial charge in [-0.3, -0.25) is 4.79 Å². The zero-order chi connectivity index (χ0) is 6.69. The Morgan fingerprint density at radius 1 is 1.78 bits per heavy atom. The maximum absolute atomic E-state index is 12.4. The average Bonchev–Trinajstić information content (AvgIpc) is 2.18. The lowest BCUT2D eigenvalue weighted by Crippen LogP contribution is -2.18. The summed E-state index contributed by atoms with van der Waals surface area (Å²) in [6.45, 7) is 0.282. The van der Waals surface area contributed by atoms with Gasteiger partial charge in [-0.2, -0.15) is 0 Å². The summed E-state index contributed by atoms with van der Waals surface area (Å²) in [7, 11) is 0. The van der Waals surface area contributed by atoms with E-state index in [1.165, 1.54) is 6.08 Å². The summed E-state index contributed by atoms with van der Waals surface area (Å²) in [5, 5.41) is 0. The standard InChI is InChI=1S/C6H7FO2/c7-5-2-1-3-6(5)9-4-8/h1-2,4-6H,3H2. The van der Waals surface area contributed by atoms with Crippen LogP contribution in [0.25, 0.3) is 0 Å². The van der Waals surface area contributed by atoms with Gasteiger partial charge in [0.1, 0.15) is 6.10 Å². The van der Waals surface area contributed by atoms with Gasteiger partial charge in [-0.05, 0) is 0 Å². The fraction of sp³-hybridized carbons (Fsp3) is 0.500. The van der Waals surface area contributed by atoms with Gasteiger partial charge in [-0.1, -0.05) is 12.2 Å². The van der Waals surface area contributed by atoms with Crippen LogP contribution in [-0.4, -0.2) is 18.7 Å². The number of ether oxygens (including phenoxy) is 1. The Morgan fingerprint density at radius 2 is 2.56 bits per heavy atom. The molecule has 0 aromatic carbocycles. The van der Waals surface area contributed by atoms with E-state index in [0.717, 1.165) is 0 Å². The van der Waals surface area contributed by atoms with Crippen molar-refractivity contribution in [2.45, 2.75) is 18.7 Å². The zero-order valence-electron chi connectivity index (χ0n) is 4.79. The molecular weight excluding hydrogens is 123 g/mol. The van der Waals surface area contributed by atoms with Crippen molar-refractivity contribution in [3.05, 3.63) is 12.2 Å². The van der Waals surface area contributed by atoms with Gasteiger partial charge in [0.05, 0.1) is 0 Å². The van der Waals surface area contributed by atoms with Crippen LogP contribution in [0.2, 0.25) is 0 Å². The molecule has 0 aromatic rings. The van der Waals surface area contributed by atoms with Crippen molar-refractivity contribution in [1.29, 1.82) is 0 Å². The molecule has 0 aromatic heterocycles. The Labute approximate surface area is 52.3 Å². The van der Waals surface area contributed by atoms with Crippen molar-refractivity contribution < 1.29 is 13.9 Å². The minimum absolute atomic E-state index is 0.282. The highest BCUT2D eigenvalue weighted by atomic mass is 19.1. The van der Waals surface area contributed by atoms with Gasteiger partial charge < -0.3 is 4.74 Å². The van der Waals surface area contributed by atoms with E-state index in [1.807, 2.05) is 0 Å². The van der Waals surface area contributed by atoms with Crippen LogP contribution in [0.3, 0.4) is 0 Å². The second kappa shape index (κ2) is 2.62. The predicted molar refractivity (Wildman–Crippen MR) is 29.6 cm³/mol. The first-order chi connectivity index (χ1) is 4.34. The molecule has 2 atom stereocenters. The molecule has 0 N–H and O–H groups in total. The molecule has 9 heavy (non-hydrogen) atoms. The summed E-state index contributed by atoms with van der Waals surface area (Å²) >= 11 is 0. The highest BCUT2D eigenvalue weighted by Gasteiger charge is 2.22. The molecule has 0 amide bonds. The van der Waals surface area contributed by atoms with E-state index in [1.54, 1.807) is 6.08 Å². The molecule has 1 aliphatic carbocycles. The average molecular weight is 130 g/mol. The van der Waals surface area contributed by atoms with Gasteiger partial charge in [0.2, 0.25) is 0 Å². The number of hydrogen-bond donors (Lipinski definition) is 0. The molecule has 1 rings (SSSR count). The van der Waals surface area contributed by atoms with Gasteiger partial charge in [0.25, 0.3) is 6.47 Å². The van der Waals surface area contributed by atoms with E-state index in [9.17, 15) is 9.18 Å². The van der Waals surface area contributed by atoms with Crippen LogP contribution in [0.15, 0.2) is 12.2 Å². The van der Waals surface area contributed by atoms with E-state index in [2.05, 4.69) is 4.74 Å². The Bertz CT molecular complexity index is 133. The Morgan fingerprint density at radius 3 is 3.00 bits per heavy atom. The lowest BCUT2D eigenvalue weighted by atomic mass is 10.3. The second-order valence-corrected chi connectivity index (χ2v) is 1.88. The highest BCUT2D eigenvalue weighted by Crippen LogP contribution is 2.16. The monoisotopic (exact) mass is 130 g/mol. The van der Waals surface area contributed by atoms with Crippen molar-refractivity contribution in [1.82, 2.24) is 0 Å². The van der Waals surface area contributed by atoms with Gasteiger partial charge in [-0.25, -0.2) is 4.39 Å². The normalized spacial score (nSPS) is 32.6. The van der Waals surface area contributed by atoms with Crippen molar-refractivity contribution >= 4 is 6.47 Å². The van der Waals surface area contributed by atoms with E-state index >= 15 is 0 Å². The van der Waals surface area contributed by atoms with E-state index < -0.39 is 12.3 Å².